The highest BCUT2D eigenvalue weighted by Crippen LogP contribution is 2.49. The number of hydrogen-bond donors (Lipinski definition) is 0. The topological polar surface area (TPSA) is 9.23 Å². The monoisotopic (exact) mass is 367 g/mol. The van der Waals surface area contributed by atoms with E-state index in [1.807, 2.05) is 0 Å². The highest BCUT2D eigenvalue weighted by molar-refractivity contribution is 5.47. The van der Waals surface area contributed by atoms with Crippen LogP contribution >= 0.6 is 0 Å². The van der Waals surface area contributed by atoms with Gasteiger partial charge in [-0.2, -0.15) is 0 Å². The van der Waals surface area contributed by atoms with Gasteiger partial charge in [-0.25, -0.2) is 0 Å². The molecule has 5 rings (SSSR count). The molecule has 28 heavy (non-hydrogen) atoms. The lowest BCUT2D eigenvalue weighted by molar-refractivity contribution is -0.0107. The van der Waals surface area contributed by atoms with Crippen LogP contribution in [0, 0.1) is 24.2 Å². The van der Waals surface area contributed by atoms with E-state index in [1.165, 1.54) is 36.0 Å². The minimum absolute atomic E-state index is 0.578. The van der Waals surface area contributed by atoms with Crippen LogP contribution in [0.1, 0.15) is 36.0 Å². The molecular weight excluding hydrogens is 340 g/mol. The van der Waals surface area contributed by atoms with E-state index < -0.39 is 5.60 Å². The van der Waals surface area contributed by atoms with Crippen LogP contribution in [0.5, 0.6) is 0 Å². The van der Waals surface area contributed by atoms with Gasteiger partial charge in [-0.3, -0.25) is 0 Å². The molecule has 2 aliphatic carbocycles. The zero-order valence-electron chi connectivity index (χ0n) is 16.2. The summed E-state index contributed by atoms with van der Waals surface area (Å²) in [6, 6.07) is 32.1. The Morgan fingerprint density at radius 2 is 1.18 bits per heavy atom. The van der Waals surface area contributed by atoms with E-state index in [4.69, 9.17) is 4.74 Å². The maximum Gasteiger partial charge on any atom is 0.143 e. The van der Waals surface area contributed by atoms with Crippen LogP contribution in [-0.2, 0) is 10.3 Å². The van der Waals surface area contributed by atoms with E-state index in [1.54, 1.807) is 0 Å². The molecule has 0 heterocycles. The van der Waals surface area contributed by atoms with Crippen LogP contribution in [0.25, 0.3) is 0 Å². The van der Waals surface area contributed by atoms with Crippen molar-refractivity contribution >= 4 is 0 Å². The molecule has 0 aliphatic heterocycles. The molecular formula is C27H27O. The van der Waals surface area contributed by atoms with Crippen molar-refractivity contribution in [3.8, 4) is 0 Å². The van der Waals surface area contributed by atoms with Gasteiger partial charge in [-0.1, -0.05) is 91.0 Å². The van der Waals surface area contributed by atoms with E-state index in [2.05, 4.69) is 97.4 Å². The van der Waals surface area contributed by atoms with Gasteiger partial charge in [-0.05, 0) is 60.1 Å². The van der Waals surface area contributed by atoms with E-state index in [9.17, 15) is 0 Å². The first-order valence-electron chi connectivity index (χ1n) is 10.5. The number of rotatable bonds is 6. The summed E-state index contributed by atoms with van der Waals surface area (Å²) < 4.78 is 6.99. The molecule has 0 saturated heterocycles. The Bertz CT molecular complexity index is 791. The van der Waals surface area contributed by atoms with Crippen molar-refractivity contribution < 1.29 is 4.74 Å². The molecule has 2 saturated carbocycles. The molecule has 3 atom stereocenters. The molecule has 141 valence electrons. The fraction of sp³-hybridized carbons (Fsp3) is 0.296. The van der Waals surface area contributed by atoms with E-state index in [-0.39, 0.29) is 0 Å². The van der Waals surface area contributed by atoms with Crippen molar-refractivity contribution in [3.05, 3.63) is 114 Å². The SMILES string of the molecule is [CH]1[C@H]2CC[C@H](C2)[C@H]1COC(c1ccccc1)(c1ccccc1)c1ccccc1. The molecule has 3 aromatic rings. The summed E-state index contributed by atoms with van der Waals surface area (Å²) >= 11 is 0. The molecule has 0 N–H and O–H groups in total. The average molecular weight is 368 g/mol. The van der Waals surface area contributed by atoms with Crippen molar-refractivity contribution in [3.63, 3.8) is 0 Å². The van der Waals surface area contributed by atoms with Crippen LogP contribution in [0.2, 0.25) is 0 Å². The molecule has 0 spiro atoms. The summed E-state index contributed by atoms with van der Waals surface area (Å²) in [5, 5.41) is 0. The second-order valence-corrected chi connectivity index (χ2v) is 8.28. The third kappa shape index (κ3) is 3.08. The fourth-order valence-corrected chi connectivity index (χ4v) is 5.30. The van der Waals surface area contributed by atoms with Gasteiger partial charge in [0.2, 0.25) is 0 Å². The molecule has 2 aliphatic rings. The molecule has 1 radical (unpaired) electrons. The Morgan fingerprint density at radius 1 is 0.679 bits per heavy atom. The lowest BCUT2D eigenvalue weighted by Crippen LogP contribution is -2.35. The van der Waals surface area contributed by atoms with Gasteiger partial charge in [-0.15, -0.1) is 0 Å². The molecule has 2 fully saturated rings. The van der Waals surface area contributed by atoms with Gasteiger partial charge in [0, 0.05) is 0 Å². The average Bonchev–Trinajstić information content (AvgIpc) is 3.40. The summed E-state index contributed by atoms with van der Waals surface area (Å²) in [6.07, 6.45) is 6.68. The van der Waals surface area contributed by atoms with Gasteiger partial charge < -0.3 is 4.74 Å². The maximum atomic E-state index is 6.99. The molecule has 0 unspecified atom stereocenters. The Morgan fingerprint density at radius 3 is 1.57 bits per heavy atom. The van der Waals surface area contributed by atoms with E-state index in [0.717, 1.165) is 18.4 Å². The van der Waals surface area contributed by atoms with Crippen LogP contribution < -0.4 is 0 Å². The first-order chi connectivity index (χ1) is 13.9. The number of hydrogen-bond acceptors (Lipinski definition) is 1. The quantitative estimate of drug-likeness (QED) is 0.468. The first-order valence-corrected chi connectivity index (χ1v) is 10.5. The summed E-state index contributed by atoms with van der Waals surface area (Å²) in [4.78, 5) is 0. The molecule has 0 aromatic heterocycles. The van der Waals surface area contributed by atoms with Crippen molar-refractivity contribution in [2.45, 2.75) is 24.9 Å². The largest absolute Gasteiger partial charge is 0.361 e. The molecule has 3 aromatic carbocycles. The fourth-order valence-electron chi connectivity index (χ4n) is 5.30. The molecule has 1 nitrogen and oxygen atoms in total. The first kappa shape index (κ1) is 17.7. The maximum absolute atomic E-state index is 6.99. The summed E-state index contributed by atoms with van der Waals surface area (Å²) in [7, 11) is 0. The predicted molar refractivity (Wildman–Crippen MR) is 114 cm³/mol. The van der Waals surface area contributed by atoms with Crippen LogP contribution in [0.4, 0.5) is 0 Å². The third-order valence-corrected chi connectivity index (χ3v) is 6.67. The van der Waals surface area contributed by atoms with E-state index >= 15 is 0 Å². The highest BCUT2D eigenvalue weighted by Gasteiger charge is 2.43. The Labute approximate surface area is 168 Å². The smallest absolute Gasteiger partial charge is 0.143 e. The Hall–Kier alpha value is -2.38. The second kappa shape index (κ2) is 7.56. The number of fused-ring (bicyclic) bond motifs is 2. The number of ether oxygens (including phenoxy) is 1. The van der Waals surface area contributed by atoms with Crippen molar-refractivity contribution in [2.75, 3.05) is 6.61 Å². The molecule has 1 heteroatoms. The summed E-state index contributed by atoms with van der Waals surface area (Å²) in [5.41, 5.74) is 2.99. The Kier molecular flexibility index (Phi) is 4.78. The standard InChI is InChI=1S/C27H27O/c1-4-10-24(11-5-1)27(25-12-6-2-7-13-25,26-14-8-3-9-15-26)28-20-23-19-21-16-17-22(23)18-21/h1-15,19,21-23H,16-18,20H2/t21-,22+,23+/m0/s1. The minimum atomic E-state index is -0.584. The zero-order chi connectivity index (χ0) is 18.8. The van der Waals surface area contributed by atoms with Gasteiger partial charge in [0.25, 0.3) is 0 Å². The molecule has 2 bridgehead atoms. The number of benzene rings is 3. The Balaban J connectivity index is 1.59. The van der Waals surface area contributed by atoms with Crippen LogP contribution in [-0.4, -0.2) is 6.61 Å². The summed E-state index contributed by atoms with van der Waals surface area (Å²) in [5.74, 6) is 2.21. The van der Waals surface area contributed by atoms with Gasteiger partial charge in [0.05, 0.1) is 6.61 Å². The minimum Gasteiger partial charge on any atom is -0.361 e. The predicted octanol–water partition coefficient (Wildman–Crippen LogP) is 6.25. The van der Waals surface area contributed by atoms with E-state index in [0.29, 0.717) is 5.92 Å². The lowest BCUT2D eigenvalue weighted by Gasteiger charge is -2.37. The summed E-state index contributed by atoms with van der Waals surface area (Å²) in [6.45, 7) is 0.778. The second-order valence-electron chi connectivity index (χ2n) is 8.28. The van der Waals surface area contributed by atoms with Gasteiger partial charge in [0.1, 0.15) is 5.60 Å². The van der Waals surface area contributed by atoms with Crippen molar-refractivity contribution in [2.24, 2.45) is 17.8 Å². The zero-order valence-corrected chi connectivity index (χ0v) is 16.2. The van der Waals surface area contributed by atoms with Crippen molar-refractivity contribution in [1.82, 2.24) is 0 Å². The molecule has 0 amide bonds. The van der Waals surface area contributed by atoms with Crippen molar-refractivity contribution in [1.29, 1.82) is 0 Å². The normalized spacial score (nSPS) is 23.8. The lowest BCUT2D eigenvalue weighted by atomic mass is 9.79. The van der Waals surface area contributed by atoms with Crippen LogP contribution in [0.3, 0.4) is 0 Å². The van der Waals surface area contributed by atoms with Gasteiger partial charge >= 0.3 is 0 Å². The highest BCUT2D eigenvalue weighted by atomic mass is 16.5. The third-order valence-electron chi connectivity index (χ3n) is 6.67. The van der Waals surface area contributed by atoms with Gasteiger partial charge in [0.15, 0.2) is 0 Å². The van der Waals surface area contributed by atoms with Crippen LogP contribution in [0.15, 0.2) is 91.0 Å².